The molecule has 104 valence electrons. The van der Waals surface area contributed by atoms with Crippen molar-refractivity contribution in [2.75, 3.05) is 11.9 Å². The van der Waals surface area contributed by atoms with E-state index < -0.39 is 10.7 Å². The average Bonchev–Trinajstić information content (AvgIpc) is 2.80. The van der Waals surface area contributed by atoms with E-state index in [2.05, 4.69) is 10.6 Å². The summed E-state index contributed by atoms with van der Waals surface area (Å²) < 4.78 is 13.3. The summed E-state index contributed by atoms with van der Waals surface area (Å²) in [5.41, 5.74) is 0.228. The second-order valence-electron chi connectivity index (χ2n) is 5.03. The number of nitrogens with one attached hydrogen (secondary N) is 2. The SMILES string of the molecule is CC(CC1CCCN1)Nc1cc(F)cc([N+](=O)[O-])c1. The molecule has 0 aromatic heterocycles. The maximum absolute atomic E-state index is 13.3. The van der Waals surface area contributed by atoms with Crippen LogP contribution in [0.25, 0.3) is 0 Å². The monoisotopic (exact) mass is 267 g/mol. The third-order valence-electron chi connectivity index (χ3n) is 3.31. The van der Waals surface area contributed by atoms with Gasteiger partial charge in [-0.15, -0.1) is 0 Å². The third-order valence-corrected chi connectivity index (χ3v) is 3.31. The van der Waals surface area contributed by atoms with Crippen molar-refractivity contribution in [3.05, 3.63) is 34.1 Å². The molecule has 0 aliphatic carbocycles. The second kappa shape index (κ2) is 5.97. The van der Waals surface area contributed by atoms with Gasteiger partial charge in [0.25, 0.3) is 5.69 Å². The first-order chi connectivity index (χ1) is 9.04. The highest BCUT2D eigenvalue weighted by atomic mass is 19.1. The van der Waals surface area contributed by atoms with E-state index in [1.165, 1.54) is 18.6 Å². The molecule has 6 heteroatoms. The highest BCUT2D eigenvalue weighted by molar-refractivity contribution is 5.52. The molecule has 0 saturated carbocycles. The van der Waals surface area contributed by atoms with Crippen molar-refractivity contribution in [2.45, 2.75) is 38.3 Å². The lowest BCUT2D eigenvalue weighted by Gasteiger charge is -2.19. The fourth-order valence-electron chi connectivity index (χ4n) is 2.49. The lowest BCUT2D eigenvalue weighted by Crippen LogP contribution is -2.29. The van der Waals surface area contributed by atoms with Crippen LogP contribution in [-0.4, -0.2) is 23.6 Å². The van der Waals surface area contributed by atoms with Gasteiger partial charge in [-0.2, -0.15) is 0 Å². The van der Waals surface area contributed by atoms with Gasteiger partial charge in [0.1, 0.15) is 5.82 Å². The number of rotatable bonds is 5. The Hall–Kier alpha value is -1.69. The van der Waals surface area contributed by atoms with Crippen LogP contribution in [0, 0.1) is 15.9 Å². The molecule has 0 radical (unpaired) electrons. The quantitative estimate of drug-likeness (QED) is 0.635. The molecule has 19 heavy (non-hydrogen) atoms. The zero-order valence-corrected chi connectivity index (χ0v) is 10.9. The third kappa shape index (κ3) is 3.89. The largest absolute Gasteiger partial charge is 0.382 e. The fourth-order valence-corrected chi connectivity index (χ4v) is 2.49. The number of nitrogens with zero attached hydrogens (tertiary/aromatic N) is 1. The van der Waals surface area contributed by atoms with Crippen molar-refractivity contribution in [3.8, 4) is 0 Å². The van der Waals surface area contributed by atoms with Crippen molar-refractivity contribution < 1.29 is 9.31 Å². The van der Waals surface area contributed by atoms with Crippen LogP contribution in [0.15, 0.2) is 18.2 Å². The number of non-ortho nitro benzene ring substituents is 1. The maximum Gasteiger partial charge on any atom is 0.274 e. The number of benzene rings is 1. The normalized spacial score (nSPS) is 20.2. The Morgan fingerprint density at radius 2 is 2.37 bits per heavy atom. The van der Waals surface area contributed by atoms with Gasteiger partial charge in [0.05, 0.1) is 11.0 Å². The van der Waals surface area contributed by atoms with E-state index in [1.54, 1.807) is 0 Å². The van der Waals surface area contributed by atoms with E-state index in [-0.39, 0.29) is 11.7 Å². The molecule has 1 aromatic carbocycles. The van der Waals surface area contributed by atoms with E-state index in [9.17, 15) is 14.5 Å². The van der Waals surface area contributed by atoms with E-state index >= 15 is 0 Å². The van der Waals surface area contributed by atoms with E-state index in [4.69, 9.17) is 0 Å². The summed E-state index contributed by atoms with van der Waals surface area (Å²) in [7, 11) is 0. The van der Waals surface area contributed by atoms with Gasteiger partial charge in [0.15, 0.2) is 0 Å². The number of nitro benzene ring substituents is 1. The Balaban J connectivity index is 1.99. The van der Waals surface area contributed by atoms with Gasteiger partial charge in [-0.25, -0.2) is 4.39 Å². The summed E-state index contributed by atoms with van der Waals surface area (Å²) in [5, 5.41) is 17.2. The van der Waals surface area contributed by atoms with Crippen molar-refractivity contribution in [1.82, 2.24) is 5.32 Å². The Labute approximate surface area is 111 Å². The van der Waals surface area contributed by atoms with E-state index in [1.807, 2.05) is 6.92 Å². The molecule has 2 rings (SSSR count). The van der Waals surface area contributed by atoms with Crippen molar-refractivity contribution in [2.24, 2.45) is 0 Å². The number of anilines is 1. The highest BCUT2D eigenvalue weighted by Gasteiger charge is 2.17. The Bertz CT molecular complexity index is 461. The topological polar surface area (TPSA) is 67.2 Å². The molecule has 0 bridgehead atoms. The van der Waals surface area contributed by atoms with Crippen LogP contribution in [0.5, 0.6) is 0 Å². The summed E-state index contributed by atoms with van der Waals surface area (Å²) in [6, 6.07) is 4.18. The predicted molar refractivity (Wildman–Crippen MR) is 71.8 cm³/mol. The van der Waals surface area contributed by atoms with Crippen molar-refractivity contribution in [3.63, 3.8) is 0 Å². The van der Waals surface area contributed by atoms with Crippen LogP contribution in [0.3, 0.4) is 0 Å². The molecule has 1 aromatic rings. The summed E-state index contributed by atoms with van der Waals surface area (Å²) >= 11 is 0. The molecule has 0 amide bonds. The van der Waals surface area contributed by atoms with E-state index in [0.29, 0.717) is 11.7 Å². The zero-order valence-electron chi connectivity index (χ0n) is 10.9. The van der Waals surface area contributed by atoms with Crippen LogP contribution in [-0.2, 0) is 0 Å². The minimum atomic E-state index is -0.595. The second-order valence-corrected chi connectivity index (χ2v) is 5.03. The zero-order chi connectivity index (χ0) is 13.8. The minimum Gasteiger partial charge on any atom is -0.382 e. The molecule has 5 nitrogen and oxygen atoms in total. The first-order valence-electron chi connectivity index (χ1n) is 6.49. The summed E-state index contributed by atoms with van der Waals surface area (Å²) in [6.07, 6.45) is 3.25. The molecule has 1 saturated heterocycles. The molecule has 2 N–H and O–H groups in total. The Morgan fingerprint density at radius 3 is 3.00 bits per heavy atom. The van der Waals surface area contributed by atoms with Gasteiger partial charge in [-0.05, 0) is 38.8 Å². The molecule has 1 aliphatic heterocycles. The Morgan fingerprint density at radius 1 is 1.58 bits per heavy atom. The standard InChI is InChI=1S/C13H18FN3O2/c1-9(5-11-3-2-4-15-11)16-12-6-10(14)7-13(8-12)17(18)19/h6-9,11,15-16H,2-5H2,1H3. The summed E-state index contributed by atoms with van der Waals surface area (Å²) in [5.74, 6) is -0.595. The van der Waals surface area contributed by atoms with Crippen LogP contribution in [0.2, 0.25) is 0 Å². The van der Waals surface area contributed by atoms with Gasteiger partial charge in [0, 0.05) is 23.8 Å². The molecule has 2 atom stereocenters. The van der Waals surface area contributed by atoms with Gasteiger partial charge in [-0.3, -0.25) is 10.1 Å². The number of hydrogen-bond donors (Lipinski definition) is 2. The van der Waals surface area contributed by atoms with E-state index in [0.717, 1.165) is 25.5 Å². The van der Waals surface area contributed by atoms with Crippen LogP contribution < -0.4 is 10.6 Å². The first kappa shape index (κ1) is 13.7. The summed E-state index contributed by atoms with van der Waals surface area (Å²) in [4.78, 5) is 10.1. The van der Waals surface area contributed by atoms with Gasteiger partial charge >= 0.3 is 0 Å². The molecule has 1 aliphatic rings. The maximum atomic E-state index is 13.3. The molecular weight excluding hydrogens is 249 g/mol. The highest BCUT2D eigenvalue weighted by Crippen LogP contribution is 2.22. The number of halogens is 1. The predicted octanol–water partition coefficient (Wildman–Crippen LogP) is 2.68. The molecular formula is C13H18FN3O2. The van der Waals surface area contributed by atoms with Gasteiger partial charge < -0.3 is 10.6 Å². The fraction of sp³-hybridized carbons (Fsp3) is 0.538. The lowest BCUT2D eigenvalue weighted by atomic mass is 10.1. The minimum absolute atomic E-state index is 0.136. The molecule has 0 spiro atoms. The molecule has 1 heterocycles. The van der Waals surface area contributed by atoms with Crippen molar-refractivity contribution in [1.29, 1.82) is 0 Å². The van der Waals surface area contributed by atoms with Crippen molar-refractivity contribution >= 4 is 11.4 Å². The average molecular weight is 267 g/mol. The molecule has 1 fully saturated rings. The number of nitro groups is 1. The van der Waals surface area contributed by atoms with Gasteiger partial charge in [-0.1, -0.05) is 0 Å². The van der Waals surface area contributed by atoms with Crippen LogP contribution in [0.4, 0.5) is 15.8 Å². The number of hydrogen-bond acceptors (Lipinski definition) is 4. The lowest BCUT2D eigenvalue weighted by molar-refractivity contribution is -0.385. The summed E-state index contributed by atoms with van der Waals surface area (Å²) in [6.45, 7) is 3.04. The molecule has 2 unspecified atom stereocenters. The first-order valence-corrected chi connectivity index (χ1v) is 6.49. The van der Waals surface area contributed by atoms with Crippen LogP contribution >= 0.6 is 0 Å². The van der Waals surface area contributed by atoms with Crippen LogP contribution in [0.1, 0.15) is 26.2 Å². The smallest absolute Gasteiger partial charge is 0.274 e. The Kier molecular flexibility index (Phi) is 4.31. The van der Waals surface area contributed by atoms with Gasteiger partial charge in [0.2, 0.25) is 0 Å².